The molecule has 1 aliphatic heterocycles. The van der Waals surface area contributed by atoms with Crippen molar-refractivity contribution >= 4 is 23.2 Å². The zero-order chi connectivity index (χ0) is 14.2. The number of rotatable bonds is 3. The zero-order valence-corrected chi connectivity index (χ0v) is 10.3. The Kier molecular flexibility index (Phi) is 3.20. The number of nitrogens with two attached hydrogens (primary N) is 1. The van der Waals surface area contributed by atoms with Crippen LogP contribution in [0.5, 0.6) is 0 Å². The number of aryl methyl sites for hydroxylation is 1. The lowest BCUT2D eigenvalue weighted by Gasteiger charge is -2.18. The molecular formula is C12H13N3O4. The number of anilines is 1. The molecule has 7 nitrogen and oxygen atoms in total. The lowest BCUT2D eigenvalue weighted by molar-refractivity contribution is -0.384. The molecule has 1 aromatic carbocycles. The van der Waals surface area contributed by atoms with Crippen molar-refractivity contribution in [2.45, 2.75) is 13.3 Å². The normalized spacial score (nSPS) is 18.7. The van der Waals surface area contributed by atoms with Crippen molar-refractivity contribution in [3.05, 3.63) is 33.9 Å². The van der Waals surface area contributed by atoms with E-state index >= 15 is 0 Å². The van der Waals surface area contributed by atoms with Crippen LogP contribution in [0.2, 0.25) is 0 Å². The molecule has 1 aromatic rings. The molecule has 2 amide bonds. The topological polar surface area (TPSA) is 107 Å². The summed E-state index contributed by atoms with van der Waals surface area (Å²) < 4.78 is 0. The van der Waals surface area contributed by atoms with Crippen molar-refractivity contribution in [1.29, 1.82) is 0 Å². The first-order chi connectivity index (χ1) is 8.90. The number of carbonyl (C=O) groups excluding carboxylic acids is 2. The Bertz CT molecular complexity index is 570. The van der Waals surface area contributed by atoms with Gasteiger partial charge in [-0.15, -0.1) is 0 Å². The Labute approximate surface area is 109 Å². The molecule has 2 N–H and O–H groups in total. The molecular weight excluding hydrogens is 250 g/mol. The third kappa shape index (κ3) is 2.40. The van der Waals surface area contributed by atoms with Crippen LogP contribution in [0.1, 0.15) is 12.0 Å². The van der Waals surface area contributed by atoms with Crippen LogP contribution in [-0.2, 0) is 9.59 Å². The van der Waals surface area contributed by atoms with E-state index in [0.717, 1.165) is 0 Å². The van der Waals surface area contributed by atoms with Gasteiger partial charge in [0, 0.05) is 30.8 Å². The molecule has 2 rings (SSSR count). The SMILES string of the molecule is Cc1cc([N+](=O)[O-])ccc1N1CC(C(N)=O)CC1=O. The van der Waals surface area contributed by atoms with E-state index in [1.807, 2.05) is 0 Å². The van der Waals surface area contributed by atoms with Gasteiger partial charge >= 0.3 is 0 Å². The van der Waals surface area contributed by atoms with Gasteiger partial charge < -0.3 is 10.6 Å². The number of carbonyl (C=O) groups is 2. The summed E-state index contributed by atoms with van der Waals surface area (Å²) in [7, 11) is 0. The van der Waals surface area contributed by atoms with Crippen molar-refractivity contribution < 1.29 is 14.5 Å². The average Bonchev–Trinajstić information content (AvgIpc) is 2.71. The van der Waals surface area contributed by atoms with Crippen molar-refractivity contribution in [3.8, 4) is 0 Å². The first kappa shape index (κ1) is 13.0. The van der Waals surface area contributed by atoms with E-state index in [-0.39, 0.29) is 24.6 Å². The van der Waals surface area contributed by atoms with Crippen LogP contribution in [0.4, 0.5) is 11.4 Å². The van der Waals surface area contributed by atoms with Gasteiger partial charge in [-0.25, -0.2) is 0 Å². The summed E-state index contributed by atoms with van der Waals surface area (Å²) in [5, 5.41) is 10.7. The molecule has 1 aliphatic rings. The van der Waals surface area contributed by atoms with Gasteiger partial charge in [-0.1, -0.05) is 0 Å². The number of non-ortho nitro benzene ring substituents is 1. The lowest BCUT2D eigenvalue weighted by Crippen LogP contribution is -2.28. The summed E-state index contributed by atoms with van der Waals surface area (Å²) in [5.41, 5.74) is 6.37. The second-order valence-electron chi connectivity index (χ2n) is 4.54. The van der Waals surface area contributed by atoms with E-state index in [1.54, 1.807) is 6.92 Å². The average molecular weight is 263 g/mol. The first-order valence-corrected chi connectivity index (χ1v) is 5.75. The highest BCUT2D eigenvalue weighted by molar-refractivity contribution is 6.00. The quantitative estimate of drug-likeness (QED) is 0.641. The van der Waals surface area contributed by atoms with E-state index in [9.17, 15) is 19.7 Å². The van der Waals surface area contributed by atoms with E-state index < -0.39 is 16.7 Å². The number of primary amides is 1. The number of nitro benzene ring substituents is 1. The predicted octanol–water partition coefficient (Wildman–Crippen LogP) is 0.741. The Morgan fingerprint density at radius 3 is 2.68 bits per heavy atom. The Hall–Kier alpha value is -2.44. The fraction of sp³-hybridized carbons (Fsp3) is 0.333. The molecule has 1 saturated heterocycles. The molecule has 0 aliphatic carbocycles. The third-order valence-corrected chi connectivity index (χ3v) is 3.21. The Balaban J connectivity index is 2.30. The molecule has 100 valence electrons. The van der Waals surface area contributed by atoms with Crippen LogP contribution in [-0.4, -0.2) is 23.3 Å². The van der Waals surface area contributed by atoms with Crippen LogP contribution in [0.3, 0.4) is 0 Å². The lowest BCUT2D eigenvalue weighted by atomic mass is 10.1. The predicted molar refractivity (Wildman–Crippen MR) is 67.5 cm³/mol. The molecule has 0 saturated carbocycles. The molecule has 1 fully saturated rings. The maximum absolute atomic E-state index is 11.8. The van der Waals surface area contributed by atoms with Crippen LogP contribution in [0, 0.1) is 23.0 Å². The summed E-state index contributed by atoms with van der Waals surface area (Å²) in [6.07, 6.45) is 0.0890. The molecule has 0 bridgehead atoms. The molecule has 1 atom stereocenters. The summed E-state index contributed by atoms with van der Waals surface area (Å²) in [6.45, 7) is 1.92. The molecule has 0 radical (unpaired) electrons. The number of nitro groups is 1. The number of hydrogen-bond acceptors (Lipinski definition) is 4. The minimum Gasteiger partial charge on any atom is -0.369 e. The highest BCUT2D eigenvalue weighted by Gasteiger charge is 2.34. The summed E-state index contributed by atoms with van der Waals surface area (Å²) >= 11 is 0. The first-order valence-electron chi connectivity index (χ1n) is 5.75. The summed E-state index contributed by atoms with van der Waals surface area (Å²) in [5.74, 6) is -1.20. The molecule has 1 heterocycles. The molecule has 0 aromatic heterocycles. The van der Waals surface area contributed by atoms with Gasteiger partial charge in [-0.3, -0.25) is 19.7 Å². The molecule has 19 heavy (non-hydrogen) atoms. The largest absolute Gasteiger partial charge is 0.369 e. The van der Waals surface area contributed by atoms with Gasteiger partial charge in [0.2, 0.25) is 11.8 Å². The second-order valence-corrected chi connectivity index (χ2v) is 4.54. The Morgan fingerprint density at radius 1 is 1.53 bits per heavy atom. The molecule has 1 unspecified atom stereocenters. The van der Waals surface area contributed by atoms with Crippen molar-refractivity contribution in [1.82, 2.24) is 0 Å². The smallest absolute Gasteiger partial charge is 0.269 e. The fourth-order valence-corrected chi connectivity index (χ4v) is 2.19. The van der Waals surface area contributed by atoms with Crippen molar-refractivity contribution in [2.24, 2.45) is 11.7 Å². The molecule has 0 spiro atoms. The van der Waals surface area contributed by atoms with E-state index in [2.05, 4.69) is 0 Å². The van der Waals surface area contributed by atoms with E-state index in [1.165, 1.54) is 23.1 Å². The maximum Gasteiger partial charge on any atom is 0.269 e. The fourth-order valence-electron chi connectivity index (χ4n) is 2.19. The highest BCUT2D eigenvalue weighted by Crippen LogP contribution is 2.30. The maximum atomic E-state index is 11.8. The van der Waals surface area contributed by atoms with Crippen LogP contribution in [0.15, 0.2) is 18.2 Å². The number of nitrogens with zero attached hydrogens (tertiary/aromatic N) is 2. The minimum absolute atomic E-state index is 0.0284. The zero-order valence-electron chi connectivity index (χ0n) is 10.3. The highest BCUT2D eigenvalue weighted by atomic mass is 16.6. The number of benzene rings is 1. The van der Waals surface area contributed by atoms with Gasteiger partial charge in [0.1, 0.15) is 0 Å². The standard InChI is InChI=1S/C12H13N3O4/c1-7-4-9(15(18)19)2-3-10(7)14-6-8(12(13)17)5-11(14)16/h2-4,8H,5-6H2,1H3,(H2,13,17). The van der Waals surface area contributed by atoms with Crippen LogP contribution >= 0.6 is 0 Å². The van der Waals surface area contributed by atoms with Crippen molar-refractivity contribution in [3.63, 3.8) is 0 Å². The Morgan fingerprint density at radius 2 is 2.21 bits per heavy atom. The number of hydrogen-bond donors (Lipinski definition) is 1. The molecule has 7 heteroatoms. The van der Waals surface area contributed by atoms with Crippen LogP contribution < -0.4 is 10.6 Å². The monoisotopic (exact) mass is 263 g/mol. The van der Waals surface area contributed by atoms with Gasteiger partial charge in [-0.2, -0.15) is 0 Å². The van der Waals surface area contributed by atoms with Gasteiger partial charge in [0.05, 0.1) is 10.8 Å². The van der Waals surface area contributed by atoms with Gasteiger partial charge in [0.15, 0.2) is 0 Å². The van der Waals surface area contributed by atoms with E-state index in [4.69, 9.17) is 5.73 Å². The second kappa shape index (κ2) is 4.68. The van der Waals surface area contributed by atoms with Crippen molar-refractivity contribution in [2.75, 3.05) is 11.4 Å². The summed E-state index contributed by atoms with van der Waals surface area (Å²) in [4.78, 5) is 34.6. The summed E-state index contributed by atoms with van der Waals surface area (Å²) in [6, 6.07) is 4.27. The van der Waals surface area contributed by atoms with Crippen LogP contribution in [0.25, 0.3) is 0 Å². The van der Waals surface area contributed by atoms with Gasteiger partial charge in [-0.05, 0) is 18.6 Å². The number of amides is 2. The van der Waals surface area contributed by atoms with E-state index in [0.29, 0.717) is 11.3 Å². The van der Waals surface area contributed by atoms with Gasteiger partial charge in [0.25, 0.3) is 5.69 Å². The minimum atomic E-state index is -0.504. The third-order valence-electron chi connectivity index (χ3n) is 3.21.